The molecule has 10 nitrogen and oxygen atoms in total. The van der Waals surface area contributed by atoms with Gasteiger partial charge in [0.15, 0.2) is 5.82 Å². The molecule has 0 saturated heterocycles. The first-order valence-electron chi connectivity index (χ1n) is 10.8. The molecule has 1 aliphatic carbocycles. The number of amides is 2. The van der Waals surface area contributed by atoms with Crippen molar-refractivity contribution in [3.05, 3.63) is 52.1 Å². The average Bonchev–Trinajstić information content (AvgIpc) is 3.55. The zero-order chi connectivity index (χ0) is 25.3. The number of pyridine rings is 1. The third-order valence-corrected chi connectivity index (χ3v) is 6.59. The van der Waals surface area contributed by atoms with E-state index < -0.39 is 22.1 Å². The molecule has 2 N–H and O–H groups in total. The predicted octanol–water partition coefficient (Wildman–Crippen LogP) is 3.42. The minimum Gasteiger partial charge on any atom is -0.365 e. The molecule has 186 valence electrons. The van der Waals surface area contributed by atoms with Crippen LogP contribution in [0.3, 0.4) is 0 Å². The van der Waals surface area contributed by atoms with Crippen LogP contribution < -0.4 is 15.6 Å². The summed E-state index contributed by atoms with van der Waals surface area (Å²) < 4.78 is 28.2. The molecule has 2 aromatic rings. The van der Waals surface area contributed by atoms with Crippen LogP contribution in [0.5, 0.6) is 0 Å². The number of benzene rings is 1. The predicted molar refractivity (Wildman–Crippen MR) is 133 cm³/mol. The third-order valence-electron chi connectivity index (χ3n) is 5.56. The van der Waals surface area contributed by atoms with Gasteiger partial charge in [0.05, 0.1) is 29.0 Å². The smallest absolute Gasteiger partial charge is 0.307 e. The average molecular weight is 540 g/mol. The highest BCUT2D eigenvalue weighted by Crippen LogP contribution is 2.33. The molecular formula is C22H23Cl2N5O5S. The molecule has 0 radical (unpaired) electrons. The maximum atomic E-state index is 13.4. The lowest BCUT2D eigenvalue weighted by atomic mass is 10.1. The maximum Gasteiger partial charge on any atom is 0.307 e. The Hall–Kier alpha value is -2.89. The molecule has 2 atom stereocenters. The molecule has 2 unspecified atom stereocenters. The number of nitrogens with zero attached hydrogens (tertiary/aromatic N) is 3. The van der Waals surface area contributed by atoms with Crippen molar-refractivity contribution < 1.29 is 22.2 Å². The van der Waals surface area contributed by atoms with Gasteiger partial charge in [-0.25, -0.2) is 9.99 Å². The van der Waals surface area contributed by atoms with Crippen LogP contribution in [-0.2, 0) is 19.1 Å². The maximum absolute atomic E-state index is 13.4. The molecule has 1 fully saturated rings. The molecule has 4 rings (SSSR count). The molecule has 13 heteroatoms. The fourth-order valence-corrected chi connectivity index (χ4v) is 4.51. The van der Waals surface area contributed by atoms with E-state index in [-0.39, 0.29) is 46.4 Å². The summed E-state index contributed by atoms with van der Waals surface area (Å²) in [5.41, 5.74) is 0.441. The van der Waals surface area contributed by atoms with Crippen LogP contribution in [0.15, 0.2) is 41.6 Å². The molecule has 2 amide bonds. The highest BCUT2D eigenvalue weighted by Gasteiger charge is 2.38. The topological polar surface area (TPSA) is 130 Å². The number of hydrogen-bond donors (Lipinski definition) is 2. The molecule has 1 aromatic carbocycles. The zero-order valence-corrected chi connectivity index (χ0v) is 21.2. The number of rotatable bonds is 7. The Morgan fingerprint density at radius 1 is 1.23 bits per heavy atom. The Bertz CT molecular complexity index is 1300. The van der Waals surface area contributed by atoms with E-state index in [1.54, 1.807) is 18.2 Å². The zero-order valence-electron chi connectivity index (χ0n) is 18.9. The summed E-state index contributed by atoms with van der Waals surface area (Å²) in [5, 5.41) is 11.5. The highest BCUT2D eigenvalue weighted by molar-refractivity contribution is 7.86. The van der Waals surface area contributed by atoms with Crippen molar-refractivity contribution in [2.24, 2.45) is 11.0 Å². The molecule has 2 aliphatic rings. The van der Waals surface area contributed by atoms with E-state index in [2.05, 4.69) is 20.7 Å². The van der Waals surface area contributed by atoms with Gasteiger partial charge in [0.25, 0.3) is 5.91 Å². The molecule has 1 aromatic heterocycles. The monoisotopic (exact) mass is 539 g/mol. The summed E-state index contributed by atoms with van der Waals surface area (Å²) >= 11 is 12.4. The second-order valence-corrected chi connectivity index (χ2v) is 10.9. The first kappa shape index (κ1) is 25.2. The Labute approximate surface area is 212 Å². The quantitative estimate of drug-likeness (QED) is 0.515. The van der Waals surface area contributed by atoms with Gasteiger partial charge in [0, 0.05) is 17.3 Å². The van der Waals surface area contributed by atoms with Crippen molar-refractivity contribution in [3.8, 4) is 0 Å². The lowest BCUT2D eigenvalue weighted by Gasteiger charge is -2.23. The minimum atomic E-state index is -3.88. The highest BCUT2D eigenvalue weighted by atomic mass is 35.5. The number of halogens is 2. The number of anilines is 2. The first-order chi connectivity index (χ1) is 16.5. The lowest BCUT2D eigenvalue weighted by molar-refractivity contribution is -0.117. The first-order valence-corrected chi connectivity index (χ1v) is 13.4. The second-order valence-electron chi connectivity index (χ2n) is 8.43. The summed E-state index contributed by atoms with van der Waals surface area (Å²) in [6.07, 6.45) is 4.30. The van der Waals surface area contributed by atoms with Crippen LogP contribution in [0.1, 0.15) is 36.5 Å². The number of nitrogens with one attached hydrogen (secondary N) is 2. The van der Waals surface area contributed by atoms with E-state index in [0.29, 0.717) is 10.9 Å². The fraction of sp³-hybridized carbons (Fsp3) is 0.364. The molecular weight excluding hydrogens is 517 g/mol. The number of hydrogen-bond acceptors (Lipinski definition) is 8. The van der Waals surface area contributed by atoms with Crippen molar-refractivity contribution >= 4 is 62.5 Å². The van der Waals surface area contributed by atoms with Gasteiger partial charge in [0.2, 0.25) is 11.8 Å². The second kappa shape index (κ2) is 10.00. The summed E-state index contributed by atoms with van der Waals surface area (Å²) in [6, 6.07) is 6.67. The molecule has 1 saturated carbocycles. The van der Waals surface area contributed by atoms with Gasteiger partial charge < -0.3 is 14.8 Å². The number of carbonyl (C=O) groups is 2. The normalized spacial score (nSPS) is 18.6. The molecule has 0 spiro atoms. The van der Waals surface area contributed by atoms with E-state index in [0.717, 1.165) is 19.1 Å². The van der Waals surface area contributed by atoms with E-state index in [9.17, 15) is 18.0 Å². The molecule has 2 heterocycles. The lowest BCUT2D eigenvalue weighted by Crippen LogP contribution is -2.40. The van der Waals surface area contributed by atoms with Gasteiger partial charge in [-0.1, -0.05) is 23.2 Å². The fourth-order valence-electron chi connectivity index (χ4n) is 3.68. The Balaban J connectivity index is 1.59. The molecule has 35 heavy (non-hydrogen) atoms. The molecule has 0 bridgehead atoms. The van der Waals surface area contributed by atoms with Crippen molar-refractivity contribution in [3.63, 3.8) is 0 Å². The minimum absolute atomic E-state index is 0.00856. The summed E-state index contributed by atoms with van der Waals surface area (Å²) in [4.78, 5) is 30.5. The standard InChI is InChI=1S/C22H23Cl2N5O5S/c1-12(13-5-6-13)26-21(30)15-10-14(23)7-8-17(15)27-22(31)18-11-19(34-35(2,32)33)28-29(18)20-16(24)4-3-9-25-20/h3-4,7-10,12-13,18H,5-6,11H2,1-2H3,(H,26,30)(H,27,31). The van der Waals surface area contributed by atoms with Crippen molar-refractivity contribution in [2.45, 2.75) is 38.3 Å². The Kier molecular flexibility index (Phi) is 7.20. The van der Waals surface area contributed by atoms with Gasteiger partial charge in [-0.15, -0.1) is 5.10 Å². The summed E-state index contributed by atoms with van der Waals surface area (Å²) in [7, 11) is -3.88. The van der Waals surface area contributed by atoms with Crippen LogP contribution in [-0.4, -0.2) is 49.5 Å². The van der Waals surface area contributed by atoms with Crippen LogP contribution >= 0.6 is 23.2 Å². The van der Waals surface area contributed by atoms with Crippen LogP contribution in [0.2, 0.25) is 10.0 Å². The molecule has 1 aliphatic heterocycles. The van der Waals surface area contributed by atoms with Crippen molar-refractivity contribution in [1.82, 2.24) is 10.3 Å². The Morgan fingerprint density at radius 2 is 1.97 bits per heavy atom. The van der Waals surface area contributed by atoms with Gasteiger partial charge in [0.1, 0.15) is 6.04 Å². The van der Waals surface area contributed by atoms with Gasteiger partial charge in [-0.2, -0.15) is 8.42 Å². The van der Waals surface area contributed by atoms with Crippen LogP contribution in [0.4, 0.5) is 11.5 Å². The van der Waals surface area contributed by atoms with Gasteiger partial charge in [-0.05, 0) is 56.0 Å². The largest absolute Gasteiger partial charge is 0.365 e. The van der Waals surface area contributed by atoms with E-state index in [1.807, 2.05) is 6.92 Å². The number of aromatic nitrogens is 1. The third kappa shape index (κ3) is 6.22. The number of carbonyl (C=O) groups excluding carboxylic acids is 2. The summed E-state index contributed by atoms with van der Waals surface area (Å²) in [5.74, 6) is -0.544. The van der Waals surface area contributed by atoms with Crippen molar-refractivity contribution in [2.75, 3.05) is 16.6 Å². The van der Waals surface area contributed by atoms with Crippen molar-refractivity contribution in [1.29, 1.82) is 0 Å². The van der Waals surface area contributed by atoms with E-state index >= 15 is 0 Å². The number of hydrazone groups is 1. The SMILES string of the molecule is CC(NC(=O)c1cc(Cl)ccc1NC(=O)C1CC(OS(C)(=O)=O)=NN1c1ncccc1Cl)C1CC1. The van der Waals surface area contributed by atoms with Gasteiger partial charge >= 0.3 is 10.1 Å². The van der Waals surface area contributed by atoms with Gasteiger partial charge in [-0.3, -0.25) is 9.59 Å². The van der Waals surface area contributed by atoms with E-state index in [1.165, 1.54) is 23.3 Å². The van der Waals surface area contributed by atoms with Crippen LogP contribution in [0, 0.1) is 5.92 Å². The van der Waals surface area contributed by atoms with Crippen LogP contribution in [0.25, 0.3) is 0 Å². The summed E-state index contributed by atoms with van der Waals surface area (Å²) in [6.45, 7) is 1.94. The Morgan fingerprint density at radius 3 is 2.63 bits per heavy atom. The van der Waals surface area contributed by atoms with E-state index in [4.69, 9.17) is 27.4 Å².